The fourth-order valence-corrected chi connectivity index (χ4v) is 5.01. The molecule has 0 fully saturated rings. The van der Waals surface area contributed by atoms with Crippen LogP contribution in [0.25, 0.3) is 0 Å². The van der Waals surface area contributed by atoms with E-state index in [1.54, 1.807) is 0 Å². The summed E-state index contributed by atoms with van der Waals surface area (Å²) < 4.78 is 22.4. The highest BCUT2D eigenvalue weighted by atomic mass is 16.7. The minimum absolute atomic E-state index is 0.148. The SMILES string of the molecule is CCC/C=C\CCCCCCCC(=O)OC(COC(=O)CCCCCCCCCCCCCC)COC(OCC[N+](C)(C)C)C(=O)[O-]. The lowest BCUT2D eigenvalue weighted by molar-refractivity contribution is -0.870. The lowest BCUT2D eigenvalue weighted by atomic mass is 10.0. The van der Waals surface area contributed by atoms with E-state index in [1.165, 1.54) is 64.2 Å². The summed E-state index contributed by atoms with van der Waals surface area (Å²) >= 11 is 0. The molecule has 276 valence electrons. The summed E-state index contributed by atoms with van der Waals surface area (Å²) in [6, 6.07) is 0. The molecule has 0 aromatic carbocycles. The molecule has 9 heteroatoms. The molecule has 0 aromatic heterocycles. The molecule has 0 aromatic rings. The number of allylic oxidation sites excluding steroid dienone is 2. The van der Waals surface area contributed by atoms with E-state index in [1.807, 2.05) is 21.1 Å². The maximum atomic E-state index is 12.6. The van der Waals surface area contributed by atoms with E-state index in [2.05, 4.69) is 26.0 Å². The van der Waals surface area contributed by atoms with Crippen molar-refractivity contribution < 1.29 is 42.9 Å². The molecule has 2 unspecified atom stereocenters. The fourth-order valence-electron chi connectivity index (χ4n) is 5.01. The second-order valence-electron chi connectivity index (χ2n) is 13.9. The second-order valence-corrected chi connectivity index (χ2v) is 13.9. The number of nitrogens with zero attached hydrogens (tertiary/aromatic N) is 1. The third-order valence-corrected chi connectivity index (χ3v) is 7.99. The van der Waals surface area contributed by atoms with Gasteiger partial charge in [0.25, 0.3) is 0 Å². The largest absolute Gasteiger partial charge is 0.545 e. The van der Waals surface area contributed by atoms with Gasteiger partial charge in [-0.1, -0.05) is 122 Å². The molecule has 0 saturated carbocycles. The Hall–Kier alpha value is -1.97. The van der Waals surface area contributed by atoms with Crippen LogP contribution in [0, 0.1) is 0 Å². The van der Waals surface area contributed by atoms with Crippen molar-refractivity contribution in [3.8, 4) is 0 Å². The van der Waals surface area contributed by atoms with Gasteiger partial charge in [0.2, 0.25) is 0 Å². The van der Waals surface area contributed by atoms with E-state index in [-0.39, 0.29) is 32.2 Å². The zero-order valence-corrected chi connectivity index (χ0v) is 30.9. The van der Waals surface area contributed by atoms with Gasteiger partial charge in [0, 0.05) is 12.8 Å². The Morgan fingerprint density at radius 1 is 0.617 bits per heavy atom. The van der Waals surface area contributed by atoms with Crippen molar-refractivity contribution in [2.45, 2.75) is 167 Å². The predicted octanol–water partition coefficient (Wildman–Crippen LogP) is 7.44. The van der Waals surface area contributed by atoms with Gasteiger partial charge in [-0.25, -0.2) is 0 Å². The Kier molecular flexibility index (Phi) is 30.0. The summed E-state index contributed by atoms with van der Waals surface area (Å²) in [5, 5.41) is 11.6. The zero-order chi connectivity index (χ0) is 35.0. The Bertz CT molecular complexity index is 795. The van der Waals surface area contributed by atoms with Crippen LogP contribution in [-0.2, 0) is 33.3 Å². The Morgan fingerprint density at radius 2 is 1.13 bits per heavy atom. The Labute approximate surface area is 287 Å². The van der Waals surface area contributed by atoms with Gasteiger partial charge in [0.15, 0.2) is 12.4 Å². The monoisotopic (exact) mass is 670 g/mol. The molecule has 0 saturated heterocycles. The van der Waals surface area contributed by atoms with Crippen LogP contribution in [0.4, 0.5) is 0 Å². The number of rotatable bonds is 34. The van der Waals surface area contributed by atoms with Gasteiger partial charge < -0.3 is 33.3 Å². The van der Waals surface area contributed by atoms with Gasteiger partial charge in [0.05, 0.1) is 40.3 Å². The van der Waals surface area contributed by atoms with Gasteiger partial charge in [-0.2, -0.15) is 0 Å². The first-order valence-electron chi connectivity index (χ1n) is 18.8. The van der Waals surface area contributed by atoms with Crippen molar-refractivity contribution in [1.29, 1.82) is 0 Å². The number of carbonyl (C=O) groups excluding carboxylic acids is 3. The van der Waals surface area contributed by atoms with Crippen LogP contribution in [0.3, 0.4) is 0 Å². The van der Waals surface area contributed by atoms with Gasteiger partial charge in [-0.05, 0) is 32.1 Å². The van der Waals surface area contributed by atoms with Crippen LogP contribution in [0.1, 0.15) is 155 Å². The molecule has 9 nitrogen and oxygen atoms in total. The number of carboxylic acids is 1. The van der Waals surface area contributed by atoms with Crippen molar-refractivity contribution in [3.63, 3.8) is 0 Å². The summed E-state index contributed by atoms with van der Waals surface area (Å²) in [5.74, 6) is -2.30. The molecule has 0 rings (SSSR count). The van der Waals surface area contributed by atoms with Crippen molar-refractivity contribution in [1.82, 2.24) is 0 Å². The maximum absolute atomic E-state index is 12.6. The molecular weight excluding hydrogens is 598 g/mol. The Balaban J connectivity index is 4.54. The second kappa shape index (κ2) is 31.3. The van der Waals surface area contributed by atoms with Crippen LogP contribution < -0.4 is 5.11 Å². The highest BCUT2D eigenvalue weighted by Crippen LogP contribution is 2.14. The van der Waals surface area contributed by atoms with Gasteiger partial charge in [-0.15, -0.1) is 0 Å². The maximum Gasteiger partial charge on any atom is 0.306 e. The minimum atomic E-state index is -1.61. The first-order valence-corrected chi connectivity index (χ1v) is 18.8. The van der Waals surface area contributed by atoms with Gasteiger partial charge >= 0.3 is 11.9 Å². The van der Waals surface area contributed by atoms with Crippen LogP contribution in [0.15, 0.2) is 12.2 Å². The molecular formula is C38H71NO8. The van der Waals surface area contributed by atoms with Crippen LogP contribution in [-0.4, -0.2) is 82.3 Å². The van der Waals surface area contributed by atoms with Crippen LogP contribution >= 0.6 is 0 Å². The van der Waals surface area contributed by atoms with E-state index >= 15 is 0 Å². The summed E-state index contributed by atoms with van der Waals surface area (Å²) in [4.78, 5) is 36.6. The number of esters is 2. The van der Waals surface area contributed by atoms with E-state index < -0.39 is 24.3 Å². The molecule has 47 heavy (non-hydrogen) atoms. The summed E-state index contributed by atoms with van der Waals surface area (Å²) in [6.07, 6.45) is 25.3. The third kappa shape index (κ3) is 32.4. The number of unbranched alkanes of at least 4 members (excludes halogenated alkanes) is 17. The molecule has 0 amide bonds. The van der Waals surface area contributed by atoms with E-state index in [9.17, 15) is 19.5 Å². The number of hydrogen-bond donors (Lipinski definition) is 0. The Morgan fingerprint density at radius 3 is 1.66 bits per heavy atom. The molecule has 0 spiro atoms. The summed E-state index contributed by atoms with van der Waals surface area (Å²) in [6.45, 7) is 4.64. The normalized spacial score (nSPS) is 13.1. The molecule has 0 radical (unpaired) electrons. The molecule has 0 N–H and O–H groups in total. The lowest BCUT2D eigenvalue weighted by Gasteiger charge is -2.26. The predicted molar refractivity (Wildman–Crippen MR) is 186 cm³/mol. The highest BCUT2D eigenvalue weighted by molar-refractivity contribution is 5.70. The number of carboxylic acid groups (broad SMARTS) is 1. The van der Waals surface area contributed by atoms with E-state index in [0.29, 0.717) is 23.9 Å². The number of likely N-dealkylation sites (N-methyl/N-ethyl adjacent to an activating group) is 1. The highest BCUT2D eigenvalue weighted by Gasteiger charge is 2.21. The number of quaternary nitrogens is 1. The van der Waals surface area contributed by atoms with Crippen molar-refractivity contribution in [2.75, 3.05) is 47.5 Å². The molecule has 0 bridgehead atoms. The molecule has 0 aliphatic rings. The van der Waals surface area contributed by atoms with E-state index in [0.717, 1.165) is 57.8 Å². The molecule has 0 heterocycles. The average molecular weight is 670 g/mol. The van der Waals surface area contributed by atoms with E-state index in [4.69, 9.17) is 18.9 Å². The fraction of sp³-hybridized carbons (Fsp3) is 0.868. The quantitative estimate of drug-likeness (QED) is 0.0229. The van der Waals surface area contributed by atoms with Crippen LogP contribution in [0.5, 0.6) is 0 Å². The average Bonchev–Trinajstić information content (AvgIpc) is 3.02. The minimum Gasteiger partial charge on any atom is -0.545 e. The number of hydrogen-bond acceptors (Lipinski definition) is 8. The molecule has 0 aliphatic carbocycles. The van der Waals surface area contributed by atoms with Gasteiger partial charge in [-0.3, -0.25) is 9.59 Å². The summed E-state index contributed by atoms with van der Waals surface area (Å²) in [5.41, 5.74) is 0. The topological polar surface area (TPSA) is 111 Å². The van der Waals surface area contributed by atoms with Gasteiger partial charge in [0.1, 0.15) is 13.2 Å². The smallest absolute Gasteiger partial charge is 0.306 e. The zero-order valence-electron chi connectivity index (χ0n) is 30.9. The van der Waals surface area contributed by atoms with Crippen molar-refractivity contribution >= 4 is 17.9 Å². The summed E-state index contributed by atoms with van der Waals surface area (Å²) in [7, 11) is 5.89. The third-order valence-electron chi connectivity index (χ3n) is 7.99. The number of carbonyl (C=O) groups is 3. The number of aliphatic carboxylic acids is 1. The number of ether oxygens (including phenoxy) is 4. The molecule has 0 aliphatic heterocycles. The van der Waals surface area contributed by atoms with Crippen LogP contribution in [0.2, 0.25) is 0 Å². The van der Waals surface area contributed by atoms with Crippen molar-refractivity contribution in [3.05, 3.63) is 12.2 Å². The first kappa shape index (κ1) is 45.0. The standard InChI is InChI=1S/C38H71NO8/c1-6-8-10-12-14-16-18-19-21-22-24-26-28-35(40)45-32-34(33-46-38(37(42)43)44-31-30-39(3,4)5)47-36(41)29-27-25-23-20-17-15-13-11-9-7-2/h11,13,34,38H,6-10,12,14-33H2,1-5H3/b13-11-. The lowest BCUT2D eigenvalue weighted by Crippen LogP contribution is -2.44. The van der Waals surface area contributed by atoms with Crippen molar-refractivity contribution in [2.24, 2.45) is 0 Å². The first-order chi connectivity index (χ1) is 22.6. The molecule has 2 atom stereocenters.